The molecule has 0 bridgehead atoms. The number of hydrogen-bond acceptors (Lipinski definition) is 6. The maximum Gasteiger partial charge on any atom is 0.244 e. The van der Waals surface area contributed by atoms with Crippen molar-refractivity contribution in [1.29, 1.82) is 0 Å². The third-order valence-electron chi connectivity index (χ3n) is 5.45. The maximum atomic E-state index is 13.6. The molecule has 0 saturated heterocycles. The van der Waals surface area contributed by atoms with Gasteiger partial charge in [0, 0.05) is 23.6 Å². The Morgan fingerprint density at radius 3 is 2.14 bits per heavy atom. The quantitative estimate of drug-likeness (QED) is 0.410. The number of carbonyl (C=O) groups excluding carboxylic acids is 2. The van der Waals surface area contributed by atoms with Gasteiger partial charge in [-0.3, -0.25) is 13.9 Å². The van der Waals surface area contributed by atoms with Crippen LogP contribution >= 0.6 is 15.9 Å². The number of sulfonamides is 1. The molecule has 0 fully saturated rings. The molecule has 0 aliphatic carbocycles. The van der Waals surface area contributed by atoms with E-state index in [-0.39, 0.29) is 24.1 Å². The van der Waals surface area contributed by atoms with Gasteiger partial charge in [0.15, 0.2) is 11.5 Å². The van der Waals surface area contributed by atoms with Crippen molar-refractivity contribution in [3.05, 3.63) is 52.5 Å². The van der Waals surface area contributed by atoms with Gasteiger partial charge in [0.2, 0.25) is 21.8 Å². The summed E-state index contributed by atoms with van der Waals surface area (Å²) in [6.07, 6.45) is 1.02. The van der Waals surface area contributed by atoms with Crippen LogP contribution in [0.5, 0.6) is 11.5 Å². The highest BCUT2D eigenvalue weighted by atomic mass is 79.9. The van der Waals surface area contributed by atoms with E-state index in [4.69, 9.17) is 9.47 Å². The van der Waals surface area contributed by atoms with E-state index in [1.54, 1.807) is 13.0 Å². The largest absolute Gasteiger partial charge is 0.493 e. The Balaban J connectivity index is 2.41. The molecule has 36 heavy (non-hydrogen) atoms. The first-order valence-electron chi connectivity index (χ1n) is 11.4. The minimum atomic E-state index is -3.85. The number of nitrogens with one attached hydrogen (secondary N) is 1. The first-order valence-corrected chi connectivity index (χ1v) is 14.0. The maximum absolute atomic E-state index is 13.6. The van der Waals surface area contributed by atoms with E-state index in [0.29, 0.717) is 18.0 Å². The number of methoxy groups -OCH3 is 2. The van der Waals surface area contributed by atoms with Crippen LogP contribution < -0.4 is 19.1 Å². The zero-order valence-electron chi connectivity index (χ0n) is 21.4. The minimum absolute atomic E-state index is 0.131. The van der Waals surface area contributed by atoms with Crippen LogP contribution in [0.1, 0.15) is 26.3 Å². The Morgan fingerprint density at radius 2 is 1.61 bits per heavy atom. The summed E-state index contributed by atoms with van der Waals surface area (Å²) in [5.74, 6) is 0.150. The fourth-order valence-electron chi connectivity index (χ4n) is 3.42. The predicted molar refractivity (Wildman–Crippen MR) is 144 cm³/mol. The van der Waals surface area contributed by atoms with Gasteiger partial charge in [0.25, 0.3) is 0 Å². The molecule has 198 valence electrons. The number of nitrogens with zero attached hydrogens (tertiary/aromatic N) is 2. The zero-order chi connectivity index (χ0) is 27.0. The molecule has 11 heteroatoms. The fraction of sp³-hybridized carbons (Fsp3) is 0.440. The van der Waals surface area contributed by atoms with Crippen LogP contribution in [0.3, 0.4) is 0 Å². The summed E-state index contributed by atoms with van der Waals surface area (Å²) in [5.41, 5.74) is 1.04. The second-order valence-corrected chi connectivity index (χ2v) is 11.6. The topological polar surface area (TPSA) is 105 Å². The normalized spacial score (nSPS) is 12.1. The fourth-order valence-corrected chi connectivity index (χ4v) is 4.52. The van der Waals surface area contributed by atoms with Gasteiger partial charge >= 0.3 is 0 Å². The van der Waals surface area contributed by atoms with Gasteiger partial charge in [-0.1, -0.05) is 41.9 Å². The van der Waals surface area contributed by atoms with Gasteiger partial charge < -0.3 is 19.7 Å². The second kappa shape index (κ2) is 13.0. The number of benzene rings is 2. The average Bonchev–Trinajstić information content (AvgIpc) is 2.83. The molecule has 0 aliphatic rings. The van der Waals surface area contributed by atoms with Gasteiger partial charge in [-0.2, -0.15) is 0 Å². The Bertz CT molecular complexity index is 1150. The van der Waals surface area contributed by atoms with Gasteiger partial charge in [0.05, 0.1) is 26.2 Å². The number of rotatable bonds is 12. The average molecular weight is 585 g/mol. The molecular formula is C25H34BrN3O6S. The van der Waals surface area contributed by atoms with E-state index in [1.807, 2.05) is 38.1 Å². The lowest BCUT2D eigenvalue weighted by molar-refractivity contribution is -0.139. The van der Waals surface area contributed by atoms with Crippen LogP contribution in [0, 0.1) is 5.92 Å². The molecule has 2 aromatic carbocycles. The van der Waals surface area contributed by atoms with E-state index in [9.17, 15) is 18.0 Å². The van der Waals surface area contributed by atoms with Crippen LogP contribution in [0.15, 0.2) is 46.9 Å². The SMILES string of the molecule is COc1ccc(N(CC(=O)N(Cc2ccc(Br)cc2)[C@H](C)C(=O)NCC(C)C)S(C)(=O)=O)cc1OC. The van der Waals surface area contributed by atoms with Crippen LogP contribution in [-0.2, 0) is 26.2 Å². The molecule has 0 aliphatic heterocycles. The van der Waals surface area contributed by atoms with Crippen LogP contribution in [0.4, 0.5) is 5.69 Å². The summed E-state index contributed by atoms with van der Waals surface area (Å²) in [6.45, 7) is 5.68. The van der Waals surface area contributed by atoms with Crippen molar-refractivity contribution in [2.24, 2.45) is 5.92 Å². The van der Waals surface area contributed by atoms with Crippen molar-refractivity contribution in [3.8, 4) is 11.5 Å². The van der Waals surface area contributed by atoms with Crippen LogP contribution in [0.25, 0.3) is 0 Å². The van der Waals surface area contributed by atoms with Crippen molar-refractivity contribution in [1.82, 2.24) is 10.2 Å². The number of ether oxygens (including phenoxy) is 2. The molecule has 0 unspecified atom stereocenters. The minimum Gasteiger partial charge on any atom is -0.493 e. The summed E-state index contributed by atoms with van der Waals surface area (Å²) >= 11 is 3.39. The van der Waals surface area contributed by atoms with Crippen molar-refractivity contribution < 1.29 is 27.5 Å². The number of hydrogen-bond donors (Lipinski definition) is 1. The Labute approximate surface area is 221 Å². The second-order valence-electron chi connectivity index (χ2n) is 8.77. The van der Waals surface area contributed by atoms with Crippen LogP contribution in [0.2, 0.25) is 0 Å². The van der Waals surface area contributed by atoms with Gasteiger partial charge in [-0.15, -0.1) is 0 Å². The van der Waals surface area contributed by atoms with E-state index < -0.39 is 28.5 Å². The van der Waals surface area contributed by atoms with Crippen molar-refractivity contribution in [2.45, 2.75) is 33.4 Å². The highest BCUT2D eigenvalue weighted by Gasteiger charge is 2.30. The molecule has 1 atom stereocenters. The molecule has 2 amide bonds. The highest BCUT2D eigenvalue weighted by Crippen LogP contribution is 2.32. The summed E-state index contributed by atoms with van der Waals surface area (Å²) in [6, 6.07) is 11.1. The standard InChI is InChI=1S/C25H34BrN3O6S/c1-17(2)14-27-25(31)18(3)28(15-19-7-9-20(26)10-8-19)24(30)16-29(36(6,32)33)21-11-12-22(34-4)23(13-21)35-5/h7-13,17-18H,14-16H2,1-6H3,(H,27,31)/t18-/m1/s1. The zero-order valence-corrected chi connectivity index (χ0v) is 23.9. The van der Waals surface area contributed by atoms with E-state index in [0.717, 1.165) is 20.6 Å². The number of halogens is 1. The predicted octanol–water partition coefficient (Wildman–Crippen LogP) is 3.42. The van der Waals surface area contributed by atoms with E-state index >= 15 is 0 Å². The Kier molecular flexibility index (Phi) is 10.6. The molecule has 1 N–H and O–H groups in total. The Hall–Kier alpha value is -2.79. The lowest BCUT2D eigenvalue weighted by Gasteiger charge is -2.31. The summed E-state index contributed by atoms with van der Waals surface area (Å²) < 4.78 is 37.8. The molecular weight excluding hydrogens is 550 g/mol. The lowest BCUT2D eigenvalue weighted by atomic mass is 10.1. The third kappa shape index (κ3) is 8.12. The van der Waals surface area contributed by atoms with E-state index in [1.165, 1.54) is 31.3 Å². The third-order valence-corrected chi connectivity index (χ3v) is 7.12. The number of carbonyl (C=O) groups is 2. The van der Waals surface area contributed by atoms with Crippen molar-refractivity contribution >= 4 is 43.5 Å². The molecule has 0 aromatic heterocycles. The molecule has 0 radical (unpaired) electrons. The smallest absolute Gasteiger partial charge is 0.244 e. The Morgan fingerprint density at radius 1 is 1.00 bits per heavy atom. The molecule has 0 spiro atoms. The molecule has 2 aromatic rings. The van der Waals surface area contributed by atoms with Gasteiger partial charge in [-0.05, 0) is 42.7 Å². The molecule has 0 heterocycles. The highest BCUT2D eigenvalue weighted by molar-refractivity contribution is 9.10. The lowest BCUT2D eigenvalue weighted by Crippen LogP contribution is -2.51. The molecule has 9 nitrogen and oxygen atoms in total. The summed E-state index contributed by atoms with van der Waals surface area (Å²) in [5, 5.41) is 2.85. The number of amides is 2. The summed E-state index contributed by atoms with van der Waals surface area (Å²) in [4.78, 5) is 27.8. The van der Waals surface area contributed by atoms with Gasteiger partial charge in [0.1, 0.15) is 12.6 Å². The van der Waals surface area contributed by atoms with Gasteiger partial charge in [-0.25, -0.2) is 8.42 Å². The van der Waals surface area contributed by atoms with Crippen molar-refractivity contribution in [2.75, 3.05) is 37.9 Å². The number of anilines is 1. The van der Waals surface area contributed by atoms with E-state index in [2.05, 4.69) is 21.2 Å². The van der Waals surface area contributed by atoms with Crippen LogP contribution in [-0.4, -0.2) is 64.7 Å². The summed E-state index contributed by atoms with van der Waals surface area (Å²) in [7, 11) is -0.941. The molecule has 0 saturated carbocycles. The first kappa shape index (κ1) is 29.4. The van der Waals surface area contributed by atoms with Crippen molar-refractivity contribution in [3.63, 3.8) is 0 Å². The molecule has 2 rings (SSSR count). The monoisotopic (exact) mass is 583 g/mol. The first-order chi connectivity index (χ1) is 16.9.